The molecule has 5 nitrogen and oxygen atoms in total. The molecule has 0 saturated heterocycles. The third-order valence-electron chi connectivity index (χ3n) is 2.39. The Kier molecular flexibility index (Phi) is 4.20. The van der Waals surface area contributed by atoms with Gasteiger partial charge in [-0.25, -0.2) is 4.79 Å². The van der Waals surface area contributed by atoms with Crippen molar-refractivity contribution < 1.29 is 24.5 Å². The molecule has 0 aromatic heterocycles. The van der Waals surface area contributed by atoms with Crippen molar-refractivity contribution in [3.05, 3.63) is 22.2 Å². The van der Waals surface area contributed by atoms with Gasteiger partial charge in [-0.1, -0.05) is 11.6 Å². The maximum atomic E-state index is 10.8. The first kappa shape index (κ1) is 13.6. The van der Waals surface area contributed by atoms with Crippen molar-refractivity contribution >= 4 is 17.6 Å². The lowest BCUT2D eigenvalue weighted by Crippen LogP contribution is -2.12. The second-order valence-electron chi connectivity index (χ2n) is 3.38. The van der Waals surface area contributed by atoms with Crippen LogP contribution in [0.15, 0.2) is 6.07 Å². The molecule has 0 amide bonds. The zero-order valence-corrected chi connectivity index (χ0v) is 10.4. The molecule has 0 bridgehead atoms. The highest BCUT2D eigenvalue weighted by molar-refractivity contribution is 6.31. The first-order valence-electron chi connectivity index (χ1n) is 4.75. The number of halogens is 1. The molecular formula is C11H13ClO5. The SMILES string of the molecule is COc1c(C(O)C(=O)O)cc(Cl)c(C)c1OC. The summed E-state index contributed by atoms with van der Waals surface area (Å²) in [6.07, 6.45) is -1.71. The van der Waals surface area contributed by atoms with Crippen LogP contribution >= 0.6 is 11.6 Å². The number of methoxy groups -OCH3 is 2. The number of aliphatic carboxylic acids is 1. The largest absolute Gasteiger partial charge is 0.493 e. The molecule has 0 fully saturated rings. The van der Waals surface area contributed by atoms with Crippen LogP contribution in [0, 0.1) is 6.92 Å². The van der Waals surface area contributed by atoms with Gasteiger partial charge in [0, 0.05) is 16.1 Å². The molecule has 17 heavy (non-hydrogen) atoms. The molecule has 1 aromatic carbocycles. The van der Waals surface area contributed by atoms with Gasteiger partial charge in [-0.05, 0) is 13.0 Å². The van der Waals surface area contributed by atoms with Gasteiger partial charge in [-0.2, -0.15) is 0 Å². The normalized spacial score (nSPS) is 12.1. The minimum Gasteiger partial charge on any atom is -0.493 e. The molecule has 0 spiro atoms. The number of rotatable bonds is 4. The second kappa shape index (κ2) is 5.25. The van der Waals surface area contributed by atoms with E-state index < -0.39 is 12.1 Å². The third kappa shape index (κ3) is 2.45. The second-order valence-corrected chi connectivity index (χ2v) is 3.79. The van der Waals surface area contributed by atoms with Gasteiger partial charge in [-0.15, -0.1) is 0 Å². The highest BCUT2D eigenvalue weighted by Crippen LogP contribution is 2.41. The maximum Gasteiger partial charge on any atom is 0.337 e. The Bertz CT molecular complexity index is 444. The van der Waals surface area contributed by atoms with E-state index >= 15 is 0 Å². The Labute approximate surface area is 104 Å². The Balaban J connectivity index is 3.49. The number of hydrogen-bond acceptors (Lipinski definition) is 4. The van der Waals surface area contributed by atoms with Gasteiger partial charge in [0.15, 0.2) is 17.6 Å². The van der Waals surface area contributed by atoms with Crippen LogP contribution in [0.1, 0.15) is 17.2 Å². The summed E-state index contributed by atoms with van der Waals surface area (Å²) in [5.41, 5.74) is 0.680. The Morgan fingerprint density at radius 3 is 2.29 bits per heavy atom. The lowest BCUT2D eigenvalue weighted by molar-refractivity contribution is -0.147. The number of hydrogen-bond donors (Lipinski definition) is 2. The molecule has 0 saturated carbocycles. The summed E-state index contributed by atoms with van der Waals surface area (Å²) in [6, 6.07) is 1.36. The van der Waals surface area contributed by atoms with Crippen LogP contribution in [0.25, 0.3) is 0 Å². The molecule has 0 aliphatic heterocycles. The molecule has 1 atom stereocenters. The number of carboxylic acids is 1. The maximum absolute atomic E-state index is 10.8. The summed E-state index contributed by atoms with van der Waals surface area (Å²) >= 11 is 5.94. The van der Waals surface area contributed by atoms with E-state index in [1.165, 1.54) is 20.3 Å². The predicted molar refractivity (Wildman–Crippen MR) is 61.9 cm³/mol. The molecule has 6 heteroatoms. The van der Waals surface area contributed by atoms with Gasteiger partial charge >= 0.3 is 5.97 Å². The molecule has 1 rings (SSSR count). The predicted octanol–water partition coefficient (Wildman–Crippen LogP) is 1.78. The zero-order valence-electron chi connectivity index (χ0n) is 9.65. The first-order chi connectivity index (χ1) is 7.93. The topological polar surface area (TPSA) is 76.0 Å². The number of carbonyl (C=O) groups is 1. The van der Waals surface area contributed by atoms with Gasteiger partial charge in [-0.3, -0.25) is 0 Å². The van der Waals surface area contributed by atoms with Crippen LogP contribution in [-0.2, 0) is 4.79 Å². The number of ether oxygens (including phenoxy) is 2. The Morgan fingerprint density at radius 1 is 1.35 bits per heavy atom. The average molecular weight is 261 g/mol. The lowest BCUT2D eigenvalue weighted by atomic mass is 10.0. The summed E-state index contributed by atoms with van der Waals surface area (Å²) in [5.74, 6) is -0.898. The van der Waals surface area contributed by atoms with Crippen molar-refractivity contribution in [1.82, 2.24) is 0 Å². The van der Waals surface area contributed by atoms with Crippen molar-refractivity contribution in [3.8, 4) is 11.5 Å². The molecule has 1 unspecified atom stereocenters. The zero-order chi connectivity index (χ0) is 13.2. The third-order valence-corrected chi connectivity index (χ3v) is 2.78. The van der Waals surface area contributed by atoms with E-state index in [1.807, 2.05) is 0 Å². The Hall–Kier alpha value is -1.46. The van der Waals surface area contributed by atoms with Crippen molar-refractivity contribution in [1.29, 1.82) is 0 Å². The molecule has 94 valence electrons. The monoisotopic (exact) mass is 260 g/mol. The average Bonchev–Trinajstić information content (AvgIpc) is 2.30. The molecule has 1 aromatic rings. The van der Waals surface area contributed by atoms with Crippen molar-refractivity contribution in [2.45, 2.75) is 13.0 Å². The molecule has 0 aliphatic rings. The Morgan fingerprint density at radius 2 is 1.88 bits per heavy atom. The van der Waals surface area contributed by atoms with Crippen molar-refractivity contribution in [2.75, 3.05) is 14.2 Å². The smallest absolute Gasteiger partial charge is 0.337 e. The van der Waals surface area contributed by atoms with Crippen LogP contribution in [0.3, 0.4) is 0 Å². The fourth-order valence-electron chi connectivity index (χ4n) is 1.51. The molecular weight excluding hydrogens is 248 g/mol. The van der Waals surface area contributed by atoms with Crippen LogP contribution < -0.4 is 9.47 Å². The van der Waals surface area contributed by atoms with Gasteiger partial charge in [0.1, 0.15) is 0 Å². The van der Waals surface area contributed by atoms with E-state index in [2.05, 4.69) is 0 Å². The fraction of sp³-hybridized carbons (Fsp3) is 0.364. The van der Waals surface area contributed by atoms with E-state index in [9.17, 15) is 9.90 Å². The number of aliphatic hydroxyl groups is 1. The van der Waals surface area contributed by atoms with E-state index in [0.717, 1.165) is 0 Å². The number of benzene rings is 1. The fourth-order valence-corrected chi connectivity index (χ4v) is 1.72. The van der Waals surface area contributed by atoms with Crippen LogP contribution in [-0.4, -0.2) is 30.4 Å². The first-order valence-corrected chi connectivity index (χ1v) is 5.13. The summed E-state index contributed by atoms with van der Waals surface area (Å²) in [6.45, 7) is 1.71. The number of aliphatic hydroxyl groups excluding tert-OH is 1. The molecule has 0 aliphatic carbocycles. The minimum absolute atomic E-state index is 0.0625. The highest BCUT2D eigenvalue weighted by atomic mass is 35.5. The van der Waals surface area contributed by atoms with Gasteiger partial charge in [0.05, 0.1) is 14.2 Å². The van der Waals surface area contributed by atoms with E-state index in [1.54, 1.807) is 6.92 Å². The van der Waals surface area contributed by atoms with Crippen LogP contribution in [0.4, 0.5) is 0 Å². The van der Waals surface area contributed by atoms with Crippen LogP contribution in [0.5, 0.6) is 11.5 Å². The van der Waals surface area contributed by atoms with E-state index in [0.29, 0.717) is 16.3 Å². The van der Waals surface area contributed by atoms with E-state index in [4.69, 9.17) is 26.2 Å². The van der Waals surface area contributed by atoms with Gasteiger partial charge in [0.2, 0.25) is 0 Å². The number of carboxylic acid groups (broad SMARTS) is 1. The lowest BCUT2D eigenvalue weighted by Gasteiger charge is -2.17. The summed E-state index contributed by atoms with van der Waals surface area (Å²) < 4.78 is 10.2. The summed E-state index contributed by atoms with van der Waals surface area (Å²) in [7, 11) is 2.78. The summed E-state index contributed by atoms with van der Waals surface area (Å²) in [5, 5.41) is 18.6. The standard InChI is InChI=1S/C11H13ClO5/c1-5-7(12)4-6(8(13)11(14)15)10(17-3)9(5)16-2/h4,8,13H,1-3H3,(H,14,15). The molecule has 0 heterocycles. The van der Waals surface area contributed by atoms with E-state index in [-0.39, 0.29) is 11.3 Å². The highest BCUT2D eigenvalue weighted by Gasteiger charge is 2.25. The van der Waals surface area contributed by atoms with Crippen molar-refractivity contribution in [2.24, 2.45) is 0 Å². The van der Waals surface area contributed by atoms with Crippen molar-refractivity contribution in [3.63, 3.8) is 0 Å². The quantitative estimate of drug-likeness (QED) is 0.863. The molecule has 0 radical (unpaired) electrons. The van der Waals surface area contributed by atoms with Gasteiger partial charge in [0.25, 0.3) is 0 Å². The van der Waals surface area contributed by atoms with Gasteiger partial charge < -0.3 is 19.7 Å². The van der Waals surface area contributed by atoms with Crippen LogP contribution in [0.2, 0.25) is 5.02 Å². The molecule has 2 N–H and O–H groups in total. The minimum atomic E-state index is -1.71. The summed E-state index contributed by atoms with van der Waals surface area (Å²) in [4.78, 5) is 10.8.